The SMILES string of the molecule is Cn1nccc1C(NC(=O)OCC1c2ccccc2-c2ccccc21)C(=O)N(CCC(=O)O)Cc1ccccc1. The van der Waals surface area contributed by atoms with E-state index in [-0.39, 0.29) is 32.0 Å². The van der Waals surface area contributed by atoms with Crippen molar-refractivity contribution in [2.24, 2.45) is 7.05 Å². The number of aromatic nitrogens is 2. The average molecular weight is 539 g/mol. The van der Waals surface area contributed by atoms with E-state index < -0.39 is 24.0 Å². The summed E-state index contributed by atoms with van der Waals surface area (Å²) in [5.74, 6) is -1.61. The lowest BCUT2D eigenvalue weighted by Gasteiger charge is -2.28. The summed E-state index contributed by atoms with van der Waals surface area (Å²) in [6, 6.07) is 25.9. The predicted molar refractivity (Wildman–Crippen MR) is 148 cm³/mol. The smallest absolute Gasteiger partial charge is 0.408 e. The Morgan fingerprint density at radius 1 is 0.950 bits per heavy atom. The number of hydrogen-bond donors (Lipinski definition) is 2. The first kappa shape index (κ1) is 26.7. The number of carbonyl (C=O) groups is 3. The van der Waals surface area contributed by atoms with Gasteiger partial charge < -0.3 is 20.1 Å². The number of rotatable bonds is 10. The summed E-state index contributed by atoms with van der Waals surface area (Å²) in [6.45, 7) is 0.260. The molecule has 40 heavy (non-hydrogen) atoms. The first-order valence-electron chi connectivity index (χ1n) is 13.1. The third-order valence-corrected chi connectivity index (χ3v) is 7.13. The van der Waals surface area contributed by atoms with Crippen molar-refractivity contribution in [3.63, 3.8) is 0 Å². The molecule has 0 radical (unpaired) electrons. The van der Waals surface area contributed by atoms with Gasteiger partial charge in [0.1, 0.15) is 6.61 Å². The Hall–Kier alpha value is -4.92. The predicted octanol–water partition coefficient (Wildman–Crippen LogP) is 4.50. The number of carboxylic acids is 1. The van der Waals surface area contributed by atoms with Gasteiger partial charge in [-0.2, -0.15) is 5.10 Å². The average Bonchev–Trinajstić information content (AvgIpc) is 3.53. The highest BCUT2D eigenvalue weighted by atomic mass is 16.5. The second-order valence-electron chi connectivity index (χ2n) is 9.67. The van der Waals surface area contributed by atoms with E-state index in [9.17, 15) is 19.5 Å². The number of amides is 2. The van der Waals surface area contributed by atoms with Gasteiger partial charge in [-0.3, -0.25) is 14.3 Å². The number of nitrogens with zero attached hydrogens (tertiary/aromatic N) is 3. The number of hydrogen-bond acceptors (Lipinski definition) is 5. The van der Waals surface area contributed by atoms with Gasteiger partial charge in [0, 0.05) is 32.3 Å². The Morgan fingerprint density at radius 2 is 1.57 bits per heavy atom. The Morgan fingerprint density at radius 3 is 2.17 bits per heavy atom. The van der Waals surface area contributed by atoms with E-state index in [1.807, 2.05) is 66.7 Å². The van der Waals surface area contributed by atoms with E-state index in [2.05, 4.69) is 22.5 Å². The zero-order valence-electron chi connectivity index (χ0n) is 22.1. The van der Waals surface area contributed by atoms with E-state index in [1.54, 1.807) is 13.1 Å². The van der Waals surface area contributed by atoms with Crippen LogP contribution in [-0.4, -0.2) is 50.9 Å². The number of nitrogens with one attached hydrogen (secondary N) is 1. The number of aliphatic carboxylic acids is 1. The third-order valence-electron chi connectivity index (χ3n) is 7.13. The van der Waals surface area contributed by atoms with Crippen molar-refractivity contribution in [2.45, 2.75) is 24.9 Å². The summed E-state index contributed by atoms with van der Waals surface area (Å²) in [5, 5.41) is 16.2. The molecule has 1 aromatic heterocycles. The molecule has 0 spiro atoms. The van der Waals surface area contributed by atoms with Gasteiger partial charge in [-0.05, 0) is 33.9 Å². The van der Waals surface area contributed by atoms with Gasteiger partial charge in [0.2, 0.25) is 0 Å². The molecule has 1 heterocycles. The van der Waals surface area contributed by atoms with Gasteiger partial charge in [-0.15, -0.1) is 0 Å². The second kappa shape index (κ2) is 11.9. The normalized spacial score (nSPS) is 12.7. The molecule has 2 amide bonds. The fourth-order valence-corrected chi connectivity index (χ4v) is 5.17. The van der Waals surface area contributed by atoms with Gasteiger partial charge in [0.05, 0.1) is 12.1 Å². The largest absolute Gasteiger partial charge is 0.481 e. The minimum atomic E-state index is -1.12. The molecule has 4 aromatic rings. The van der Waals surface area contributed by atoms with E-state index in [0.717, 1.165) is 27.8 Å². The Balaban J connectivity index is 1.35. The van der Waals surface area contributed by atoms with Gasteiger partial charge >= 0.3 is 12.1 Å². The minimum Gasteiger partial charge on any atom is -0.481 e. The molecule has 5 rings (SSSR count). The molecular weight excluding hydrogens is 508 g/mol. The quantitative estimate of drug-likeness (QED) is 0.307. The van der Waals surface area contributed by atoms with Crippen molar-refractivity contribution in [3.8, 4) is 11.1 Å². The molecular formula is C31H30N4O5. The molecule has 0 saturated heterocycles. The summed E-state index contributed by atoms with van der Waals surface area (Å²) in [5.41, 5.74) is 5.69. The molecule has 1 atom stereocenters. The van der Waals surface area contributed by atoms with Crippen molar-refractivity contribution in [1.29, 1.82) is 0 Å². The van der Waals surface area contributed by atoms with Crippen LogP contribution in [0.15, 0.2) is 91.1 Å². The summed E-state index contributed by atoms with van der Waals surface area (Å²) in [7, 11) is 1.67. The number of fused-ring (bicyclic) bond motifs is 3. The Kier molecular flexibility index (Phi) is 7.91. The number of ether oxygens (including phenoxy) is 1. The summed E-state index contributed by atoms with van der Waals surface area (Å²) in [4.78, 5) is 39.8. The van der Waals surface area contributed by atoms with Crippen molar-refractivity contribution >= 4 is 18.0 Å². The van der Waals surface area contributed by atoms with Crippen LogP contribution in [0.2, 0.25) is 0 Å². The fraction of sp³-hybridized carbons (Fsp3) is 0.226. The van der Waals surface area contributed by atoms with Crippen LogP contribution in [0.4, 0.5) is 4.79 Å². The molecule has 204 valence electrons. The van der Waals surface area contributed by atoms with Crippen LogP contribution in [0.1, 0.15) is 40.8 Å². The fourth-order valence-electron chi connectivity index (χ4n) is 5.17. The molecule has 1 aliphatic carbocycles. The molecule has 0 fully saturated rings. The van der Waals surface area contributed by atoms with Crippen molar-refractivity contribution in [3.05, 3.63) is 114 Å². The molecule has 1 unspecified atom stereocenters. The van der Waals surface area contributed by atoms with Crippen LogP contribution in [-0.2, 0) is 27.9 Å². The third kappa shape index (κ3) is 5.73. The monoisotopic (exact) mass is 538 g/mol. The Bertz CT molecular complexity index is 1470. The number of carboxylic acid groups (broad SMARTS) is 1. The van der Waals surface area contributed by atoms with Crippen LogP contribution >= 0.6 is 0 Å². The first-order valence-corrected chi connectivity index (χ1v) is 13.1. The van der Waals surface area contributed by atoms with Crippen molar-refractivity contribution in [1.82, 2.24) is 20.0 Å². The summed E-state index contributed by atoms with van der Waals surface area (Å²) in [6.07, 6.45) is 0.550. The molecule has 9 heteroatoms. The summed E-state index contributed by atoms with van der Waals surface area (Å²) < 4.78 is 7.21. The highest BCUT2D eigenvalue weighted by molar-refractivity contribution is 5.87. The number of benzene rings is 3. The van der Waals surface area contributed by atoms with Gasteiger partial charge in [-0.25, -0.2) is 4.79 Å². The maximum atomic E-state index is 13.9. The maximum absolute atomic E-state index is 13.9. The highest BCUT2D eigenvalue weighted by Gasteiger charge is 2.32. The second-order valence-corrected chi connectivity index (χ2v) is 9.67. The molecule has 0 bridgehead atoms. The lowest BCUT2D eigenvalue weighted by atomic mass is 9.98. The van der Waals surface area contributed by atoms with Gasteiger partial charge in [0.15, 0.2) is 6.04 Å². The van der Waals surface area contributed by atoms with Crippen LogP contribution in [0, 0.1) is 0 Å². The number of aryl methyl sites for hydroxylation is 1. The zero-order valence-corrected chi connectivity index (χ0v) is 22.1. The van der Waals surface area contributed by atoms with E-state index in [1.165, 1.54) is 15.8 Å². The van der Waals surface area contributed by atoms with Crippen molar-refractivity contribution < 1.29 is 24.2 Å². The van der Waals surface area contributed by atoms with E-state index in [4.69, 9.17) is 4.74 Å². The van der Waals surface area contributed by atoms with Crippen LogP contribution in [0.25, 0.3) is 11.1 Å². The van der Waals surface area contributed by atoms with Gasteiger partial charge in [-0.1, -0.05) is 78.9 Å². The zero-order chi connectivity index (χ0) is 28.1. The van der Waals surface area contributed by atoms with E-state index in [0.29, 0.717) is 5.69 Å². The topological polar surface area (TPSA) is 114 Å². The van der Waals surface area contributed by atoms with Crippen LogP contribution in [0.3, 0.4) is 0 Å². The molecule has 0 saturated carbocycles. The molecule has 0 aliphatic heterocycles. The number of alkyl carbamates (subject to hydrolysis) is 1. The molecule has 3 aromatic carbocycles. The minimum absolute atomic E-state index is 0.0240. The summed E-state index contributed by atoms with van der Waals surface area (Å²) >= 11 is 0. The highest BCUT2D eigenvalue weighted by Crippen LogP contribution is 2.44. The number of carbonyl (C=O) groups excluding carboxylic acids is 2. The van der Waals surface area contributed by atoms with E-state index >= 15 is 0 Å². The lowest BCUT2D eigenvalue weighted by Crippen LogP contribution is -2.44. The molecule has 2 N–H and O–H groups in total. The van der Waals surface area contributed by atoms with Crippen LogP contribution in [0.5, 0.6) is 0 Å². The Labute approximate surface area is 232 Å². The van der Waals surface area contributed by atoms with Crippen LogP contribution < -0.4 is 5.32 Å². The standard InChI is InChI=1S/C31H30N4O5/c1-34-27(15-17-32-34)29(30(38)35(18-16-28(36)37)19-21-9-3-2-4-10-21)33-31(39)40-20-26-24-13-7-5-11-22(24)23-12-6-8-14-25(23)26/h2-15,17,26,29H,16,18-20H2,1H3,(H,33,39)(H,36,37). The van der Waals surface area contributed by atoms with Crippen molar-refractivity contribution in [2.75, 3.05) is 13.2 Å². The molecule has 9 nitrogen and oxygen atoms in total. The van der Waals surface area contributed by atoms with Gasteiger partial charge in [0.25, 0.3) is 5.91 Å². The first-order chi connectivity index (χ1) is 19.4. The maximum Gasteiger partial charge on any atom is 0.408 e. The molecule has 1 aliphatic rings. The lowest BCUT2D eigenvalue weighted by molar-refractivity contribution is -0.139.